The summed E-state index contributed by atoms with van der Waals surface area (Å²) in [5, 5.41) is 1.25. The Morgan fingerprint density at radius 3 is 2.32 bits per heavy atom. The van der Waals surface area contributed by atoms with Crippen LogP contribution in [0.3, 0.4) is 0 Å². The molecule has 0 bridgehead atoms. The number of aromatic nitrogens is 2. The quantitative estimate of drug-likeness (QED) is 0.671. The molecule has 136 valence electrons. The first kappa shape index (κ1) is 18.0. The molecule has 2 atom stereocenters. The van der Waals surface area contributed by atoms with Gasteiger partial charge >= 0.3 is 0 Å². The normalized spacial score (nSPS) is 20.6. The van der Waals surface area contributed by atoms with Crippen LogP contribution in [0.2, 0.25) is 0 Å². The monoisotopic (exact) mass is 339 g/mol. The van der Waals surface area contributed by atoms with Crippen LogP contribution in [0.15, 0.2) is 18.7 Å². The molecule has 0 aliphatic carbocycles. The number of aryl methyl sites for hydroxylation is 1. The van der Waals surface area contributed by atoms with E-state index in [-0.39, 0.29) is 0 Å². The molecule has 0 saturated carbocycles. The summed E-state index contributed by atoms with van der Waals surface area (Å²) in [6.45, 7) is 13.2. The van der Waals surface area contributed by atoms with Crippen LogP contribution in [0.1, 0.15) is 71.1 Å². The summed E-state index contributed by atoms with van der Waals surface area (Å²) in [6, 6.07) is 5.77. The van der Waals surface area contributed by atoms with Gasteiger partial charge < -0.3 is 9.47 Å². The Balaban J connectivity index is 2.14. The van der Waals surface area contributed by atoms with Crippen molar-refractivity contribution in [2.75, 3.05) is 4.90 Å². The zero-order valence-electron chi connectivity index (χ0n) is 16.6. The second kappa shape index (κ2) is 7.23. The molecule has 0 amide bonds. The van der Waals surface area contributed by atoms with Gasteiger partial charge in [-0.2, -0.15) is 0 Å². The van der Waals surface area contributed by atoms with Crippen molar-refractivity contribution in [2.45, 2.75) is 78.3 Å². The largest absolute Gasteiger partial charge is 0.351 e. The number of allylic oxidation sites excluding steroid dienone is 1. The molecule has 3 rings (SSSR count). The Hall–Kier alpha value is -1.77. The maximum absolute atomic E-state index is 5.15. The highest BCUT2D eigenvalue weighted by Crippen LogP contribution is 2.36. The fourth-order valence-electron chi connectivity index (χ4n) is 4.63. The summed E-state index contributed by atoms with van der Waals surface area (Å²) in [5.74, 6) is 1.15. The van der Waals surface area contributed by atoms with Crippen LogP contribution in [0.25, 0.3) is 16.6 Å². The first-order valence-corrected chi connectivity index (χ1v) is 9.95. The van der Waals surface area contributed by atoms with Gasteiger partial charge in [0.25, 0.3) is 0 Å². The van der Waals surface area contributed by atoms with Crippen molar-refractivity contribution in [2.24, 2.45) is 7.05 Å². The van der Waals surface area contributed by atoms with Gasteiger partial charge in [0.2, 0.25) is 0 Å². The number of anilines is 1. The second-order valence-corrected chi connectivity index (χ2v) is 7.56. The van der Waals surface area contributed by atoms with E-state index in [1.807, 2.05) is 0 Å². The van der Waals surface area contributed by atoms with Crippen molar-refractivity contribution >= 4 is 22.4 Å². The molecular formula is C22H33N3. The van der Waals surface area contributed by atoms with Crippen LogP contribution >= 0.6 is 0 Å². The molecule has 3 nitrogen and oxygen atoms in total. The predicted octanol–water partition coefficient (Wildman–Crippen LogP) is 5.72. The fourth-order valence-corrected chi connectivity index (χ4v) is 4.63. The third kappa shape index (κ3) is 2.98. The van der Waals surface area contributed by atoms with Crippen LogP contribution in [-0.2, 0) is 13.5 Å². The van der Waals surface area contributed by atoms with Crippen LogP contribution in [-0.4, -0.2) is 21.6 Å². The van der Waals surface area contributed by atoms with E-state index in [1.165, 1.54) is 42.3 Å². The van der Waals surface area contributed by atoms with E-state index in [0.717, 1.165) is 29.9 Å². The van der Waals surface area contributed by atoms with Gasteiger partial charge in [0, 0.05) is 35.8 Å². The zero-order chi connectivity index (χ0) is 18.1. The molecule has 0 aromatic carbocycles. The molecular weight excluding hydrogens is 306 g/mol. The Bertz CT molecular complexity index is 759. The summed E-state index contributed by atoms with van der Waals surface area (Å²) in [6.07, 6.45) is 7.19. The Labute approximate surface area is 152 Å². The lowest BCUT2D eigenvalue weighted by molar-refractivity contribution is 0.593. The molecule has 0 radical (unpaired) electrons. The summed E-state index contributed by atoms with van der Waals surface area (Å²) >= 11 is 0. The lowest BCUT2D eigenvalue weighted by atomic mass is 10.0. The molecule has 2 unspecified atom stereocenters. The Kier molecular flexibility index (Phi) is 5.21. The molecule has 2 aromatic heterocycles. The Morgan fingerprint density at radius 1 is 1.16 bits per heavy atom. The van der Waals surface area contributed by atoms with Crippen molar-refractivity contribution < 1.29 is 0 Å². The lowest BCUT2D eigenvalue weighted by Gasteiger charge is -2.30. The molecule has 2 aromatic rings. The highest BCUT2D eigenvalue weighted by atomic mass is 15.3. The van der Waals surface area contributed by atoms with Gasteiger partial charge in [0.05, 0.1) is 0 Å². The maximum Gasteiger partial charge on any atom is 0.142 e. The van der Waals surface area contributed by atoms with Crippen molar-refractivity contribution in [1.29, 1.82) is 0 Å². The average Bonchev–Trinajstić information content (AvgIpc) is 3.14. The predicted molar refractivity (Wildman–Crippen MR) is 109 cm³/mol. The lowest BCUT2D eigenvalue weighted by Crippen LogP contribution is -2.36. The van der Waals surface area contributed by atoms with Crippen molar-refractivity contribution in [3.63, 3.8) is 0 Å². The number of pyridine rings is 1. The molecule has 3 heterocycles. The highest BCUT2D eigenvalue weighted by Gasteiger charge is 2.32. The van der Waals surface area contributed by atoms with E-state index in [1.54, 1.807) is 0 Å². The van der Waals surface area contributed by atoms with E-state index in [4.69, 9.17) is 4.98 Å². The van der Waals surface area contributed by atoms with Crippen molar-refractivity contribution in [3.8, 4) is 0 Å². The first-order valence-electron chi connectivity index (χ1n) is 9.95. The standard InChI is InChI=1S/C22H33N3/c1-7-10-19-21(15(4)5)18-13-14-20(23-22(18)24(19)6)25-16(8-2)11-12-17(25)9-3/h13-14,16-17H,4,7-12H2,1-3,5-6H3. The average molecular weight is 340 g/mol. The molecule has 0 spiro atoms. The van der Waals surface area contributed by atoms with Gasteiger partial charge in [-0.15, -0.1) is 0 Å². The molecule has 3 heteroatoms. The van der Waals surface area contributed by atoms with E-state index < -0.39 is 0 Å². The van der Waals surface area contributed by atoms with Gasteiger partial charge in [-0.25, -0.2) is 4.98 Å². The summed E-state index contributed by atoms with van der Waals surface area (Å²) in [4.78, 5) is 7.74. The van der Waals surface area contributed by atoms with Crippen LogP contribution in [0.5, 0.6) is 0 Å². The molecule has 1 saturated heterocycles. The third-order valence-corrected chi connectivity index (χ3v) is 5.88. The molecule has 0 N–H and O–H groups in total. The molecule has 1 fully saturated rings. The van der Waals surface area contributed by atoms with E-state index in [2.05, 4.69) is 62.9 Å². The van der Waals surface area contributed by atoms with E-state index >= 15 is 0 Å². The van der Waals surface area contributed by atoms with E-state index in [9.17, 15) is 0 Å². The summed E-state index contributed by atoms with van der Waals surface area (Å²) in [7, 11) is 2.16. The van der Waals surface area contributed by atoms with Gasteiger partial charge in [-0.3, -0.25) is 0 Å². The molecule has 1 aliphatic heterocycles. The Morgan fingerprint density at radius 2 is 1.80 bits per heavy atom. The number of rotatable bonds is 6. The number of nitrogens with zero attached hydrogens (tertiary/aromatic N) is 3. The topological polar surface area (TPSA) is 21.1 Å². The van der Waals surface area contributed by atoms with Gasteiger partial charge in [0.15, 0.2) is 0 Å². The highest BCUT2D eigenvalue weighted by molar-refractivity contribution is 5.93. The third-order valence-electron chi connectivity index (χ3n) is 5.88. The van der Waals surface area contributed by atoms with Gasteiger partial charge in [0.1, 0.15) is 11.5 Å². The van der Waals surface area contributed by atoms with Gasteiger partial charge in [-0.05, 0) is 56.7 Å². The number of fused-ring (bicyclic) bond motifs is 1. The fraction of sp³-hybridized carbons (Fsp3) is 0.591. The SMILES string of the molecule is C=C(C)c1c(CCC)n(C)c2nc(N3C(CC)CCC3CC)ccc12. The minimum atomic E-state index is 0.630. The first-order chi connectivity index (χ1) is 12.0. The minimum absolute atomic E-state index is 0.630. The number of hydrogen-bond donors (Lipinski definition) is 0. The summed E-state index contributed by atoms with van der Waals surface area (Å²) in [5.41, 5.74) is 4.92. The molecule has 25 heavy (non-hydrogen) atoms. The van der Waals surface area contributed by atoms with E-state index in [0.29, 0.717) is 12.1 Å². The van der Waals surface area contributed by atoms with Crippen molar-refractivity contribution in [3.05, 3.63) is 30.0 Å². The molecule has 1 aliphatic rings. The van der Waals surface area contributed by atoms with Crippen molar-refractivity contribution in [1.82, 2.24) is 9.55 Å². The minimum Gasteiger partial charge on any atom is -0.351 e. The van der Waals surface area contributed by atoms with Crippen LogP contribution in [0.4, 0.5) is 5.82 Å². The van der Waals surface area contributed by atoms with Crippen LogP contribution < -0.4 is 4.90 Å². The maximum atomic E-state index is 5.15. The van der Waals surface area contributed by atoms with Crippen LogP contribution in [0, 0.1) is 0 Å². The second-order valence-electron chi connectivity index (χ2n) is 7.56. The zero-order valence-corrected chi connectivity index (χ0v) is 16.6. The number of hydrogen-bond acceptors (Lipinski definition) is 2. The summed E-state index contributed by atoms with van der Waals surface area (Å²) < 4.78 is 2.30. The van der Waals surface area contributed by atoms with Gasteiger partial charge in [-0.1, -0.05) is 33.8 Å². The smallest absolute Gasteiger partial charge is 0.142 e.